The maximum atomic E-state index is 12.0. The van der Waals surface area contributed by atoms with Gasteiger partial charge in [0.2, 0.25) is 8.60 Å². The Morgan fingerprint density at radius 2 is 1.08 bits per heavy atom. The van der Waals surface area contributed by atoms with E-state index in [1.165, 1.54) is 36.8 Å². The molecule has 2 aromatic carbocycles. The minimum absolute atomic E-state index is 0. The molecule has 0 unspecified atom stereocenters. The van der Waals surface area contributed by atoms with Gasteiger partial charge < -0.3 is 26.3 Å². The van der Waals surface area contributed by atoms with Crippen molar-refractivity contribution in [1.82, 2.24) is 0 Å². The minimum Gasteiger partial charge on any atom is -1.00 e. The van der Waals surface area contributed by atoms with E-state index in [0.717, 1.165) is 12.8 Å². The van der Waals surface area contributed by atoms with Crippen LogP contribution in [0.5, 0.6) is 11.5 Å². The summed E-state index contributed by atoms with van der Waals surface area (Å²) in [5.41, 5.74) is 2.53. The molecule has 6 heteroatoms. The van der Waals surface area contributed by atoms with E-state index in [1.54, 1.807) is 0 Å². The molecule has 0 heterocycles. The minimum atomic E-state index is -2.22. The number of rotatable bonds is 10. The SMILES string of the molecule is CCCCc1ccc(OP([O-])Oc2ccc(CCCC)cc2)cc1.[Cl-].[Mg+2]. The van der Waals surface area contributed by atoms with Crippen molar-refractivity contribution in [2.75, 3.05) is 0 Å². The smallest absolute Gasteiger partial charge is 1.00 e. The van der Waals surface area contributed by atoms with Crippen LogP contribution in [0, 0.1) is 0 Å². The molecule has 138 valence electrons. The van der Waals surface area contributed by atoms with Gasteiger partial charge in [0.25, 0.3) is 0 Å². The fraction of sp³-hybridized carbons (Fsp3) is 0.400. The Hall–Kier alpha value is -0.514. The van der Waals surface area contributed by atoms with Crippen LogP contribution in [0.2, 0.25) is 0 Å². The molecule has 0 fully saturated rings. The molecule has 0 aromatic heterocycles. The predicted molar refractivity (Wildman–Crippen MR) is 104 cm³/mol. The quantitative estimate of drug-likeness (QED) is 0.449. The topological polar surface area (TPSA) is 41.5 Å². The standard InChI is InChI=1S/C20H26O3P.ClH.Mg/c1-3-5-7-17-9-13-19(14-10-17)22-24(21)23-20-15-11-18(12-16-20)8-6-4-2;;/h9-16H,3-8H2,1-2H3;1H;/q-1;;+2/p-1. The van der Waals surface area contributed by atoms with Crippen LogP contribution in [0.3, 0.4) is 0 Å². The summed E-state index contributed by atoms with van der Waals surface area (Å²) < 4.78 is 10.7. The van der Waals surface area contributed by atoms with E-state index in [2.05, 4.69) is 13.8 Å². The number of aryl methyl sites for hydroxylation is 2. The van der Waals surface area contributed by atoms with E-state index in [4.69, 9.17) is 9.05 Å². The molecule has 0 saturated carbocycles. The van der Waals surface area contributed by atoms with E-state index in [0.29, 0.717) is 11.5 Å². The van der Waals surface area contributed by atoms with Crippen molar-refractivity contribution < 1.29 is 26.3 Å². The van der Waals surface area contributed by atoms with E-state index in [-0.39, 0.29) is 35.5 Å². The average molecular weight is 405 g/mol. The molecule has 0 saturated heterocycles. The number of hydrogen-bond donors (Lipinski definition) is 0. The average Bonchev–Trinajstić information content (AvgIpc) is 2.60. The first kappa shape index (κ1) is 25.5. The van der Waals surface area contributed by atoms with E-state index < -0.39 is 8.60 Å². The third-order valence-electron chi connectivity index (χ3n) is 3.84. The maximum Gasteiger partial charge on any atom is 2.00 e. The maximum absolute atomic E-state index is 12.0. The number of halogens is 1. The molecule has 0 aliphatic carbocycles. The monoisotopic (exact) mass is 404 g/mol. The largest absolute Gasteiger partial charge is 2.00 e. The van der Waals surface area contributed by atoms with Gasteiger partial charge >= 0.3 is 23.1 Å². The van der Waals surface area contributed by atoms with Crippen LogP contribution < -0.4 is 26.3 Å². The van der Waals surface area contributed by atoms with Gasteiger partial charge in [-0.15, -0.1) is 0 Å². The Bertz CT molecular complexity index is 540. The Labute approximate surface area is 181 Å². The van der Waals surface area contributed by atoms with Gasteiger partial charge in [0.05, 0.1) is 0 Å². The first-order valence-electron chi connectivity index (χ1n) is 8.72. The molecular formula is C20H26ClMgO3P. The fourth-order valence-corrected chi connectivity index (χ4v) is 3.01. The van der Waals surface area contributed by atoms with Crippen LogP contribution in [-0.2, 0) is 12.8 Å². The molecule has 0 radical (unpaired) electrons. The number of hydrogen-bond acceptors (Lipinski definition) is 3. The Kier molecular flexibility index (Phi) is 14.2. The summed E-state index contributed by atoms with van der Waals surface area (Å²) in [5, 5.41) is 0. The molecule has 0 bridgehead atoms. The molecule has 0 atom stereocenters. The summed E-state index contributed by atoms with van der Waals surface area (Å²) >= 11 is 0. The first-order valence-corrected chi connectivity index (χ1v) is 9.82. The molecule has 0 N–H and O–H groups in total. The van der Waals surface area contributed by atoms with Crippen LogP contribution in [0.25, 0.3) is 0 Å². The molecule has 3 nitrogen and oxygen atoms in total. The molecule has 0 amide bonds. The Morgan fingerprint density at radius 3 is 1.38 bits per heavy atom. The van der Waals surface area contributed by atoms with Crippen molar-refractivity contribution in [3.63, 3.8) is 0 Å². The second-order valence-corrected chi connectivity index (χ2v) is 6.71. The zero-order valence-corrected chi connectivity index (χ0v) is 18.7. The van der Waals surface area contributed by atoms with Gasteiger partial charge in [-0.1, -0.05) is 51.0 Å². The molecule has 26 heavy (non-hydrogen) atoms. The van der Waals surface area contributed by atoms with Gasteiger partial charge in [-0.05, 0) is 61.1 Å². The van der Waals surface area contributed by atoms with Crippen molar-refractivity contribution in [1.29, 1.82) is 0 Å². The molecule has 2 aromatic rings. The second-order valence-electron chi connectivity index (χ2n) is 5.90. The van der Waals surface area contributed by atoms with Gasteiger partial charge in [-0.3, -0.25) is 0 Å². The fourth-order valence-electron chi connectivity index (χ4n) is 2.39. The summed E-state index contributed by atoms with van der Waals surface area (Å²) in [4.78, 5) is 12.0. The van der Waals surface area contributed by atoms with Gasteiger partial charge in [-0.2, -0.15) is 0 Å². The van der Waals surface area contributed by atoms with Gasteiger partial charge in [0.1, 0.15) is 11.5 Å². The van der Waals surface area contributed by atoms with Crippen molar-refractivity contribution in [2.45, 2.75) is 52.4 Å². The van der Waals surface area contributed by atoms with Gasteiger partial charge in [-0.25, -0.2) is 0 Å². The van der Waals surface area contributed by atoms with Crippen LogP contribution >= 0.6 is 8.60 Å². The normalized spacial score (nSPS) is 10.0. The summed E-state index contributed by atoms with van der Waals surface area (Å²) in [6, 6.07) is 15.4. The van der Waals surface area contributed by atoms with Gasteiger partial charge in [0.15, 0.2) is 0 Å². The first-order chi connectivity index (χ1) is 11.7. The van der Waals surface area contributed by atoms with Crippen molar-refractivity contribution in [3.05, 3.63) is 59.7 Å². The molecule has 0 spiro atoms. The number of benzene rings is 2. The van der Waals surface area contributed by atoms with Crippen LogP contribution in [0.15, 0.2) is 48.5 Å². The molecule has 2 rings (SSSR count). The van der Waals surface area contributed by atoms with E-state index >= 15 is 0 Å². The van der Waals surface area contributed by atoms with E-state index in [9.17, 15) is 4.89 Å². The predicted octanol–water partition coefficient (Wildman–Crippen LogP) is 2.04. The van der Waals surface area contributed by atoms with Crippen LogP contribution in [-0.4, -0.2) is 23.1 Å². The summed E-state index contributed by atoms with van der Waals surface area (Å²) in [6.07, 6.45) is 6.82. The second kappa shape index (κ2) is 14.5. The van der Waals surface area contributed by atoms with Crippen molar-refractivity contribution in [2.24, 2.45) is 0 Å². The van der Waals surface area contributed by atoms with Crippen molar-refractivity contribution >= 4 is 31.7 Å². The third kappa shape index (κ3) is 9.43. The molecular weight excluding hydrogens is 379 g/mol. The van der Waals surface area contributed by atoms with Crippen LogP contribution in [0.4, 0.5) is 0 Å². The summed E-state index contributed by atoms with van der Waals surface area (Å²) in [5.74, 6) is 1.13. The van der Waals surface area contributed by atoms with Gasteiger partial charge in [0, 0.05) is 0 Å². The molecule has 0 aliphatic rings. The summed E-state index contributed by atoms with van der Waals surface area (Å²) in [6.45, 7) is 4.35. The number of unbranched alkanes of at least 4 members (excludes halogenated alkanes) is 2. The zero-order valence-electron chi connectivity index (χ0n) is 15.6. The summed E-state index contributed by atoms with van der Waals surface area (Å²) in [7, 11) is -2.22. The third-order valence-corrected chi connectivity index (χ3v) is 4.56. The molecule has 0 aliphatic heterocycles. The van der Waals surface area contributed by atoms with Crippen LogP contribution in [0.1, 0.15) is 50.7 Å². The van der Waals surface area contributed by atoms with E-state index in [1.807, 2.05) is 48.5 Å². The zero-order chi connectivity index (χ0) is 17.2. The Morgan fingerprint density at radius 1 is 0.731 bits per heavy atom. The Balaban J connectivity index is 0.00000312. The van der Waals surface area contributed by atoms with Crippen molar-refractivity contribution in [3.8, 4) is 11.5 Å².